The maximum absolute atomic E-state index is 14.9. The van der Waals surface area contributed by atoms with Crippen molar-refractivity contribution >= 4 is 0 Å². The summed E-state index contributed by atoms with van der Waals surface area (Å²) < 4.78 is 100. The van der Waals surface area contributed by atoms with E-state index in [1.807, 2.05) is 0 Å². The molecule has 0 amide bonds. The van der Waals surface area contributed by atoms with Crippen molar-refractivity contribution in [2.75, 3.05) is 7.11 Å². The van der Waals surface area contributed by atoms with Crippen LogP contribution in [-0.4, -0.2) is 19.5 Å². The molecule has 0 bridgehead atoms. The Hall–Kier alpha value is -2.09. The lowest BCUT2D eigenvalue weighted by Gasteiger charge is -2.33. The molecule has 0 spiro atoms. The van der Waals surface area contributed by atoms with Crippen molar-refractivity contribution < 1.29 is 35.5 Å². The molecule has 0 radical (unpaired) electrons. The lowest BCUT2D eigenvalue weighted by Crippen LogP contribution is -2.50. The van der Waals surface area contributed by atoms with Crippen molar-refractivity contribution in [3.05, 3.63) is 58.7 Å². The average molecular weight is 394 g/mol. The average Bonchev–Trinajstić information content (AvgIpc) is 2.53. The first-order valence-electron chi connectivity index (χ1n) is 7.86. The SMILES string of the molecule is COCc1cc(C)cc(C(F)(C(F)(F)F)C(F)(F)F)c1-c1ccccc1C. The maximum Gasteiger partial charge on any atom is 0.435 e. The van der Waals surface area contributed by atoms with Crippen LogP contribution in [0, 0.1) is 13.8 Å². The van der Waals surface area contributed by atoms with Gasteiger partial charge in [-0.25, -0.2) is 4.39 Å². The van der Waals surface area contributed by atoms with E-state index in [-0.39, 0.29) is 23.3 Å². The fraction of sp³-hybridized carbons (Fsp3) is 0.368. The minimum Gasteiger partial charge on any atom is -0.380 e. The Labute approximate surface area is 151 Å². The molecule has 2 aromatic rings. The number of rotatable bonds is 4. The lowest BCUT2D eigenvalue weighted by molar-refractivity contribution is -0.348. The zero-order valence-electron chi connectivity index (χ0n) is 14.7. The van der Waals surface area contributed by atoms with Crippen LogP contribution in [0.25, 0.3) is 11.1 Å². The molecule has 0 aliphatic carbocycles. The summed E-state index contributed by atoms with van der Waals surface area (Å²) in [7, 11) is 1.25. The zero-order chi connectivity index (χ0) is 20.6. The Morgan fingerprint density at radius 2 is 1.41 bits per heavy atom. The van der Waals surface area contributed by atoms with Gasteiger partial charge in [0.1, 0.15) is 0 Å². The predicted octanol–water partition coefficient (Wildman–Crippen LogP) is 6.41. The van der Waals surface area contributed by atoms with Gasteiger partial charge in [-0.15, -0.1) is 0 Å². The first-order chi connectivity index (χ1) is 12.3. The number of hydrogen-bond donors (Lipinski definition) is 0. The molecular weight excluding hydrogens is 377 g/mol. The Balaban J connectivity index is 3.01. The van der Waals surface area contributed by atoms with Crippen molar-refractivity contribution in [3.63, 3.8) is 0 Å². The molecule has 0 saturated heterocycles. The standard InChI is InChI=1S/C19H17F7O/c1-11-8-13(10-27-3)16(14-7-5-4-6-12(14)2)15(9-11)17(20,18(21,22)23)19(24,25)26/h4-9H,10H2,1-3H3. The molecule has 27 heavy (non-hydrogen) atoms. The summed E-state index contributed by atoms with van der Waals surface area (Å²) in [4.78, 5) is 0. The summed E-state index contributed by atoms with van der Waals surface area (Å²) in [6, 6.07) is 7.92. The van der Waals surface area contributed by atoms with E-state index in [0.717, 1.165) is 0 Å². The van der Waals surface area contributed by atoms with E-state index in [0.29, 0.717) is 11.6 Å². The third-order valence-corrected chi connectivity index (χ3v) is 4.23. The van der Waals surface area contributed by atoms with Gasteiger partial charge in [-0.1, -0.05) is 42.0 Å². The van der Waals surface area contributed by atoms with Crippen LogP contribution in [0.5, 0.6) is 0 Å². The Bertz CT molecular complexity index is 808. The highest BCUT2D eigenvalue weighted by atomic mass is 19.4. The largest absolute Gasteiger partial charge is 0.435 e. The van der Waals surface area contributed by atoms with Crippen molar-refractivity contribution in [3.8, 4) is 11.1 Å². The monoisotopic (exact) mass is 394 g/mol. The van der Waals surface area contributed by atoms with Crippen molar-refractivity contribution in [1.82, 2.24) is 0 Å². The number of hydrogen-bond acceptors (Lipinski definition) is 1. The molecule has 0 unspecified atom stereocenters. The van der Waals surface area contributed by atoms with E-state index in [2.05, 4.69) is 0 Å². The Morgan fingerprint density at radius 1 is 0.852 bits per heavy atom. The molecule has 0 fully saturated rings. The molecule has 2 rings (SSSR count). The third kappa shape index (κ3) is 3.67. The summed E-state index contributed by atoms with van der Waals surface area (Å²) in [5.41, 5.74) is -6.88. The predicted molar refractivity (Wildman–Crippen MR) is 87.0 cm³/mol. The first-order valence-corrected chi connectivity index (χ1v) is 7.86. The highest BCUT2D eigenvalue weighted by molar-refractivity contribution is 5.76. The lowest BCUT2D eigenvalue weighted by atomic mass is 9.82. The molecule has 148 valence electrons. The minimum atomic E-state index is -6.19. The van der Waals surface area contributed by atoms with Gasteiger partial charge < -0.3 is 4.74 Å². The fourth-order valence-electron chi connectivity index (χ4n) is 3.04. The second-order valence-corrected chi connectivity index (χ2v) is 6.25. The topological polar surface area (TPSA) is 9.23 Å². The van der Waals surface area contributed by atoms with Crippen molar-refractivity contribution in [1.29, 1.82) is 0 Å². The van der Waals surface area contributed by atoms with Crippen LogP contribution in [-0.2, 0) is 17.0 Å². The number of ether oxygens (including phenoxy) is 1. The van der Waals surface area contributed by atoms with Gasteiger partial charge in [-0.05, 0) is 36.1 Å². The molecule has 1 nitrogen and oxygen atoms in total. The Morgan fingerprint density at radius 3 is 1.89 bits per heavy atom. The summed E-state index contributed by atoms with van der Waals surface area (Å²) in [6.07, 6.45) is -12.4. The summed E-state index contributed by atoms with van der Waals surface area (Å²) in [6.45, 7) is 2.55. The van der Waals surface area contributed by atoms with E-state index in [9.17, 15) is 30.7 Å². The minimum absolute atomic E-state index is 0.0392. The quantitative estimate of drug-likeness (QED) is 0.545. The van der Waals surface area contributed by atoms with E-state index < -0.39 is 29.1 Å². The van der Waals surface area contributed by atoms with Gasteiger partial charge in [0.15, 0.2) is 0 Å². The van der Waals surface area contributed by atoms with Crippen LogP contribution >= 0.6 is 0 Å². The van der Waals surface area contributed by atoms with Gasteiger partial charge in [-0.2, -0.15) is 26.3 Å². The molecular formula is C19H17F7O. The van der Waals surface area contributed by atoms with E-state index in [1.54, 1.807) is 6.07 Å². The molecule has 0 aromatic heterocycles. The van der Waals surface area contributed by atoms with Crippen LogP contribution < -0.4 is 0 Å². The second kappa shape index (κ2) is 7.14. The number of benzene rings is 2. The van der Waals surface area contributed by atoms with Crippen LogP contribution in [0.2, 0.25) is 0 Å². The van der Waals surface area contributed by atoms with Gasteiger partial charge in [0.2, 0.25) is 0 Å². The summed E-state index contributed by atoms with van der Waals surface area (Å²) in [5.74, 6) is 0. The van der Waals surface area contributed by atoms with Crippen molar-refractivity contribution in [2.24, 2.45) is 0 Å². The van der Waals surface area contributed by atoms with Gasteiger partial charge >= 0.3 is 18.0 Å². The van der Waals surface area contributed by atoms with Crippen LogP contribution in [0.4, 0.5) is 30.7 Å². The molecule has 0 aliphatic heterocycles. The van der Waals surface area contributed by atoms with Gasteiger partial charge in [-0.3, -0.25) is 0 Å². The fourth-order valence-corrected chi connectivity index (χ4v) is 3.04. The number of aryl methyl sites for hydroxylation is 2. The second-order valence-electron chi connectivity index (χ2n) is 6.25. The smallest absolute Gasteiger partial charge is 0.380 e. The molecule has 0 N–H and O–H groups in total. The van der Waals surface area contributed by atoms with Crippen molar-refractivity contribution in [2.45, 2.75) is 38.5 Å². The molecule has 2 aromatic carbocycles. The van der Waals surface area contributed by atoms with Crippen LogP contribution in [0.1, 0.15) is 22.3 Å². The normalized spacial score (nSPS) is 13.1. The number of alkyl halides is 7. The molecule has 0 aliphatic rings. The summed E-state index contributed by atoms with van der Waals surface area (Å²) >= 11 is 0. The Kier molecular flexibility index (Phi) is 5.61. The highest BCUT2D eigenvalue weighted by Crippen LogP contribution is 2.56. The molecule has 0 atom stereocenters. The maximum atomic E-state index is 14.9. The van der Waals surface area contributed by atoms with E-state index >= 15 is 0 Å². The zero-order valence-corrected chi connectivity index (χ0v) is 14.7. The van der Waals surface area contributed by atoms with Gasteiger partial charge in [0, 0.05) is 12.7 Å². The van der Waals surface area contributed by atoms with E-state index in [1.165, 1.54) is 45.2 Å². The highest BCUT2D eigenvalue weighted by Gasteiger charge is 2.74. The van der Waals surface area contributed by atoms with Crippen LogP contribution in [0.15, 0.2) is 36.4 Å². The van der Waals surface area contributed by atoms with Crippen LogP contribution in [0.3, 0.4) is 0 Å². The van der Waals surface area contributed by atoms with E-state index in [4.69, 9.17) is 4.74 Å². The summed E-state index contributed by atoms with van der Waals surface area (Å²) in [5, 5.41) is 0. The first kappa shape index (κ1) is 21.2. The molecule has 0 saturated carbocycles. The molecule has 8 heteroatoms. The number of methoxy groups -OCH3 is 1. The third-order valence-electron chi connectivity index (χ3n) is 4.23. The van der Waals surface area contributed by atoms with Gasteiger partial charge in [0.05, 0.1) is 6.61 Å². The molecule has 0 heterocycles. The van der Waals surface area contributed by atoms with Gasteiger partial charge in [0.25, 0.3) is 0 Å². The number of halogens is 7.